The van der Waals surface area contributed by atoms with E-state index in [2.05, 4.69) is 74.6 Å². The Balaban J connectivity index is 3.83. The molecule has 0 aliphatic carbocycles. The Bertz CT molecular complexity index is 759. The van der Waals surface area contributed by atoms with Gasteiger partial charge in [0.15, 0.2) is 0 Å². The minimum Gasteiger partial charge on any atom is -0.481 e. The van der Waals surface area contributed by atoms with Crippen molar-refractivity contribution in [3.8, 4) is 0 Å². The maximum absolute atomic E-state index is 12.3. The SMILES string of the molecule is CC/C=C\C/C=C\C/C=C\C/C=C\C/C=C\CCCC(=O)OC(CCCCCCCCCCCCCCC)CC(=O)O. The summed E-state index contributed by atoms with van der Waals surface area (Å²) in [5, 5.41) is 9.22. The van der Waals surface area contributed by atoms with Crippen molar-refractivity contribution in [3.63, 3.8) is 0 Å². The largest absolute Gasteiger partial charge is 0.481 e. The van der Waals surface area contributed by atoms with Gasteiger partial charge in [-0.15, -0.1) is 0 Å². The van der Waals surface area contributed by atoms with Crippen molar-refractivity contribution in [1.82, 2.24) is 0 Å². The fourth-order valence-corrected chi connectivity index (χ4v) is 4.76. The number of carbonyl (C=O) groups excluding carboxylic acids is 1. The molecule has 0 amide bonds. The van der Waals surface area contributed by atoms with Gasteiger partial charge in [-0.25, -0.2) is 0 Å². The summed E-state index contributed by atoms with van der Waals surface area (Å²) >= 11 is 0. The van der Waals surface area contributed by atoms with Crippen LogP contribution in [0.5, 0.6) is 0 Å². The summed E-state index contributed by atoms with van der Waals surface area (Å²) in [5.74, 6) is -1.18. The number of aliphatic carboxylic acids is 1. The topological polar surface area (TPSA) is 63.6 Å². The maximum atomic E-state index is 12.3. The molecule has 0 bridgehead atoms. The highest BCUT2D eigenvalue weighted by Gasteiger charge is 2.17. The van der Waals surface area contributed by atoms with Crippen LogP contribution in [0.1, 0.15) is 162 Å². The molecule has 0 aromatic rings. The molecule has 0 saturated carbocycles. The molecule has 0 aromatic heterocycles. The van der Waals surface area contributed by atoms with Gasteiger partial charge in [0.25, 0.3) is 0 Å². The van der Waals surface area contributed by atoms with Crippen molar-refractivity contribution >= 4 is 11.9 Å². The quantitative estimate of drug-likeness (QED) is 0.0518. The van der Waals surface area contributed by atoms with Gasteiger partial charge in [0, 0.05) is 6.42 Å². The molecule has 1 N–H and O–H groups in total. The van der Waals surface area contributed by atoms with Crippen LogP contribution in [0, 0.1) is 0 Å². The van der Waals surface area contributed by atoms with E-state index in [4.69, 9.17) is 4.74 Å². The summed E-state index contributed by atoms with van der Waals surface area (Å²) in [6.45, 7) is 4.41. The molecule has 4 nitrogen and oxygen atoms in total. The molecule has 0 aliphatic rings. The normalized spacial score (nSPS) is 13.0. The molecule has 4 heteroatoms. The van der Waals surface area contributed by atoms with Gasteiger partial charge >= 0.3 is 11.9 Å². The molecule has 42 heavy (non-hydrogen) atoms. The number of carbonyl (C=O) groups is 2. The van der Waals surface area contributed by atoms with E-state index in [1.807, 2.05) is 0 Å². The van der Waals surface area contributed by atoms with E-state index >= 15 is 0 Å². The second-order valence-corrected chi connectivity index (χ2v) is 11.3. The Hall–Kier alpha value is -2.36. The van der Waals surface area contributed by atoms with Gasteiger partial charge < -0.3 is 9.84 Å². The molecular formula is C38H64O4. The second kappa shape index (κ2) is 33.1. The Morgan fingerprint density at radius 1 is 0.571 bits per heavy atom. The highest BCUT2D eigenvalue weighted by molar-refractivity contribution is 5.71. The molecule has 0 fully saturated rings. The summed E-state index contributed by atoms with van der Waals surface area (Å²) < 4.78 is 5.53. The van der Waals surface area contributed by atoms with E-state index in [0.717, 1.165) is 57.8 Å². The second-order valence-electron chi connectivity index (χ2n) is 11.3. The van der Waals surface area contributed by atoms with Gasteiger partial charge in [-0.05, 0) is 57.8 Å². The summed E-state index contributed by atoms with van der Waals surface area (Å²) in [5.41, 5.74) is 0. The molecule has 0 radical (unpaired) electrons. The summed E-state index contributed by atoms with van der Waals surface area (Å²) in [6.07, 6.45) is 45.2. The van der Waals surface area contributed by atoms with Crippen molar-refractivity contribution in [2.24, 2.45) is 0 Å². The van der Waals surface area contributed by atoms with E-state index in [9.17, 15) is 14.7 Å². The fourth-order valence-electron chi connectivity index (χ4n) is 4.76. The van der Waals surface area contributed by atoms with Crippen LogP contribution in [-0.4, -0.2) is 23.1 Å². The lowest BCUT2D eigenvalue weighted by molar-refractivity contribution is -0.153. The Kier molecular flexibility index (Phi) is 31.3. The summed E-state index contributed by atoms with van der Waals surface area (Å²) in [6, 6.07) is 0. The Labute approximate surface area is 259 Å². The van der Waals surface area contributed by atoms with Gasteiger partial charge in [0.05, 0.1) is 6.42 Å². The molecule has 0 saturated heterocycles. The highest BCUT2D eigenvalue weighted by Crippen LogP contribution is 2.16. The lowest BCUT2D eigenvalue weighted by atomic mass is 10.0. The van der Waals surface area contributed by atoms with Crippen LogP contribution in [0.25, 0.3) is 0 Å². The first-order chi connectivity index (χ1) is 20.6. The number of ether oxygens (including phenoxy) is 1. The van der Waals surface area contributed by atoms with Crippen LogP contribution in [0.3, 0.4) is 0 Å². The number of hydrogen-bond donors (Lipinski definition) is 1. The maximum Gasteiger partial charge on any atom is 0.307 e. The van der Waals surface area contributed by atoms with E-state index in [1.165, 1.54) is 70.6 Å². The zero-order chi connectivity index (χ0) is 30.8. The number of carboxylic acids is 1. The molecule has 0 spiro atoms. The van der Waals surface area contributed by atoms with Crippen LogP contribution in [0.4, 0.5) is 0 Å². The third-order valence-corrected chi connectivity index (χ3v) is 7.24. The molecule has 240 valence electrons. The van der Waals surface area contributed by atoms with Gasteiger partial charge in [0.2, 0.25) is 0 Å². The van der Waals surface area contributed by atoms with E-state index < -0.39 is 12.1 Å². The zero-order valence-electron chi connectivity index (χ0n) is 27.3. The van der Waals surface area contributed by atoms with Crippen molar-refractivity contribution in [1.29, 1.82) is 0 Å². The number of carboxylic acid groups (broad SMARTS) is 1. The zero-order valence-corrected chi connectivity index (χ0v) is 27.3. The van der Waals surface area contributed by atoms with Crippen molar-refractivity contribution < 1.29 is 19.4 Å². The number of hydrogen-bond acceptors (Lipinski definition) is 3. The monoisotopic (exact) mass is 584 g/mol. The van der Waals surface area contributed by atoms with Crippen LogP contribution >= 0.6 is 0 Å². The molecule has 0 aliphatic heterocycles. The van der Waals surface area contributed by atoms with Gasteiger partial charge in [-0.1, -0.05) is 152 Å². The first kappa shape index (κ1) is 39.6. The van der Waals surface area contributed by atoms with Crippen LogP contribution < -0.4 is 0 Å². The number of rotatable bonds is 30. The van der Waals surface area contributed by atoms with E-state index in [-0.39, 0.29) is 12.4 Å². The number of unbranched alkanes of at least 4 members (excludes halogenated alkanes) is 13. The fraction of sp³-hybridized carbons (Fsp3) is 0.684. The number of esters is 1. The average Bonchev–Trinajstić information content (AvgIpc) is 2.96. The van der Waals surface area contributed by atoms with Crippen LogP contribution in [0.15, 0.2) is 60.8 Å². The van der Waals surface area contributed by atoms with Crippen LogP contribution in [-0.2, 0) is 14.3 Å². The lowest BCUT2D eigenvalue weighted by Gasteiger charge is -2.16. The minimum absolute atomic E-state index is 0.0984. The molecular weight excluding hydrogens is 520 g/mol. The Morgan fingerprint density at radius 2 is 1.00 bits per heavy atom. The predicted octanol–water partition coefficient (Wildman–Crippen LogP) is 11.8. The smallest absolute Gasteiger partial charge is 0.307 e. The molecule has 1 unspecified atom stereocenters. The van der Waals surface area contributed by atoms with Crippen LogP contribution in [0.2, 0.25) is 0 Å². The third-order valence-electron chi connectivity index (χ3n) is 7.24. The van der Waals surface area contributed by atoms with Crippen molar-refractivity contribution in [2.75, 3.05) is 0 Å². The standard InChI is InChI=1S/C38H64O4/c1-3-5-7-9-11-13-15-17-18-19-20-22-24-26-28-30-32-34-38(41)42-36(35-37(39)40)33-31-29-27-25-23-21-16-14-12-10-8-6-4-2/h5,7,11,13,17-18,20,22,26,28,36H,3-4,6,8-10,12,14-16,19,21,23-25,27,29-35H2,1-2H3,(H,39,40)/b7-5-,13-11-,18-17-,22-20-,28-26-. The Morgan fingerprint density at radius 3 is 1.45 bits per heavy atom. The minimum atomic E-state index is -0.902. The summed E-state index contributed by atoms with van der Waals surface area (Å²) in [4.78, 5) is 23.5. The summed E-state index contributed by atoms with van der Waals surface area (Å²) in [7, 11) is 0. The van der Waals surface area contributed by atoms with Gasteiger partial charge in [-0.2, -0.15) is 0 Å². The molecule has 1 atom stereocenters. The third kappa shape index (κ3) is 32.2. The first-order valence-corrected chi connectivity index (χ1v) is 17.3. The molecule has 0 aromatic carbocycles. The van der Waals surface area contributed by atoms with Gasteiger partial charge in [-0.3, -0.25) is 9.59 Å². The first-order valence-electron chi connectivity index (χ1n) is 17.3. The average molecular weight is 585 g/mol. The van der Waals surface area contributed by atoms with Crippen molar-refractivity contribution in [2.45, 2.75) is 168 Å². The van der Waals surface area contributed by atoms with Crippen molar-refractivity contribution in [3.05, 3.63) is 60.8 Å². The number of allylic oxidation sites excluding steroid dienone is 10. The van der Waals surface area contributed by atoms with Gasteiger partial charge in [0.1, 0.15) is 6.10 Å². The molecule has 0 heterocycles. The van der Waals surface area contributed by atoms with E-state index in [1.54, 1.807) is 0 Å². The highest BCUT2D eigenvalue weighted by atomic mass is 16.5. The lowest BCUT2D eigenvalue weighted by Crippen LogP contribution is -2.21. The van der Waals surface area contributed by atoms with E-state index in [0.29, 0.717) is 12.8 Å². The molecule has 0 rings (SSSR count). The predicted molar refractivity (Wildman–Crippen MR) is 181 cm³/mol.